The highest BCUT2D eigenvalue weighted by atomic mass is 32.2. The quantitative estimate of drug-likeness (QED) is 0.799. The topological polar surface area (TPSA) is 20.2 Å². The van der Waals surface area contributed by atoms with E-state index in [1.54, 1.807) is 0 Å². The molecular weight excluding hydrogens is 332 g/mol. The molecule has 1 saturated carbocycles. The van der Waals surface area contributed by atoms with E-state index in [4.69, 9.17) is 0 Å². The van der Waals surface area contributed by atoms with Crippen LogP contribution in [0, 0.1) is 11.8 Å². The minimum atomic E-state index is -0.374. The van der Waals surface area contributed by atoms with Gasteiger partial charge in [-0.2, -0.15) is 0 Å². The Balaban J connectivity index is 1.65. The van der Waals surface area contributed by atoms with Crippen LogP contribution >= 0.6 is 23.5 Å². The van der Waals surface area contributed by atoms with Crippen LogP contribution in [0.3, 0.4) is 0 Å². The van der Waals surface area contributed by atoms with Crippen molar-refractivity contribution in [3.05, 3.63) is 71.8 Å². The summed E-state index contributed by atoms with van der Waals surface area (Å²) < 4.78 is 0.221. The molecule has 1 N–H and O–H groups in total. The van der Waals surface area contributed by atoms with Gasteiger partial charge in [-0.3, -0.25) is 0 Å². The van der Waals surface area contributed by atoms with Crippen molar-refractivity contribution >= 4 is 23.5 Å². The molecule has 4 rings (SSSR count). The summed E-state index contributed by atoms with van der Waals surface area (Å²) in [6.07, 6.45) is 0.931. The van der Waals surface area contributed by atoms with Gasteiger partial charge < -0.3 is 5.11 Å². The van der Waals surface area contributed by atoms with Gasteiger partial charge in [0.15, 0.2) is 0 Å². The summed E-state index contributed by atoms with van der Waals surface area (Å²) in [5.74, 6) is 3.80. The van der Waals surface area contributed by atoms with Crippen LogP contribution in [0.1, 0.15) is 36.5 Å². The van der Waals surface area contributed by atoms with Crippen molar-refractivity contribution in [2.45, 2.75) is 29.4 Å². The van der Waals surface area contributed by atoms with E-state index in [2.05, 4.69) is 72.9 Å². The van der Waals surface area contributed by atoms with Crippen LogP contribution < -0.4 is 0 Å². The molecule has 0 aromatic heterocycles. The summed E-state index contributed by atoms with van der Waals surface area (Å²) in [5.41, 5.74) is 2.44. The van der Waals surface area contributed by atoms with E-state index in [-0.39, 0.29) is 10.2 Å². The molecule has 0 spiro atoms. The number of aliphatic hydroxyl groups excluding tert-OH is 1. The number of rotatable bonds is 4. The predicted molar refractivity (Wildman–Crippen MR) is 106 cm³/mol. The van der Waals surface area contributed by atoms with E-state index in [1.165, 1.54) is 23.5 Å². The summed E-state index contributed by atoms with van der Waals surface area (Å²) in [6, 6.07) is 21.0. The molecule has 1 nitrogen and oxygen atoms in total. The Morgan fingerprint density at radius 1 is 0.958 bits per heavy atom. The van der Waals surface area contributed by atoms with Gasteiger partial charge in [0.1, 0.15) is 0 Å². The van der Waals surface area contributed by atoms with Gasteiger partial charge in [-0.1, -0.05) is 60.7 Å². The molecule has 0 radical (unpaired) electrons. The second-order valence-electron chi connectivity index (χ2n) is 6.96. The van der Waals surface area contributed by atoms with Crippen LogP contribution in [0.25, 0.3) is 0 Å². The average molecular weight is 357 g/mol. The molecule has 2 aromatic carbocycles. The van der Waals surface area contributed by atoms with Gasteiger partial charge >= 0.3 is 0 Å². The lowest BCUT2D eigenvalue weighted by atomic mass is 10.0. The third-order valence-electron chi connectivity index (χ3n) is 5.44. The number of aliphatic hydroxyl groups is 1. The lowest BCUT2D eigenvalue weighted by molar-refractivity contribution is 0.144. The maximum absolute atomic E-state index is 11.1. The maximum Gasteiger partial charge on any atom is 0.0827 e. The Labute approximate surface area is 153 Å². The van der Waals surface area contributed by atoms with Crippen LogP contribution in [0.4, 0.5) is 0 Å². The maximum atomic E-state index is 11.1. The smallest absolute Gasteiger partial charge is 0.0827 e. The van der Waals surface area contributed by atoms with Gasteiger partial charge in [0.2, 0.25) is 0 Å². The van der Waals surface area contributed by atoms with Crippen molar-refractivity contribution < 1.29 is 5.11 Å². The second-order valence-corrected chi connectivity index (χ2v) is 10.3. The lowest BCUT2D eigenvalue weighted by Crippen LogP contribution is -2.25. The molecule has 0 bridgehead atoms. The molecular formula is C21H24OS2. The van der Waals surface area contributed by atoms with Crippen molar-refractivity contribution in [3.8, 4) is 0 Å². The number of thioether (sulfide) groups is 2. The minimum absolute atomic E-state index is 0.221. The van der Waals surface area contributed by atoms with E-state index in [0.29, 0.717) is 17.8 Å². The van der Waals surface area contributed by atoms with Crippen molar-refractivity contribution in [2.24, 2.45) is 11.8 Å². The second kappa shape index (κ2) is 6.78. The van der Waals surface area contributed by atoms with E-state index < -0.39 is 0 Å². The molecule has 2 fully saturated rings. The predicted octanol–water partition coefficient (Wildman–Crippen LogP) is 5.34. The molecule has 126 valence electrons. The fourth-order valence-corrected chi connectivity index (χ4v) is 7.62. The van der Waals surface area contributed by atoms with Gasteiger partial charge in [0.05, 0.1) is 10.2 Å². The van der Waals surface area contributed by atoms with E-state index in [9.17, 15) is 5.11 Å². The van der Waals surface area contributed by atoms with Crippen LogP contribution in [-0.2, 0) is 0 Å². The molecule has 1 aliphatic heterocycles. The molecule has 0 unspecified atom stereocenters. The molecule has 2 aliphatic rings. The molecule has 1 heterocycles. The normalized spacial score (nSPS) is 29.8. The first kappa shape index (κ1) is 16.6. The van der Waals surface area contributed by atoms with Gasteiger partial charge in [-0.05, 0) is 47.8 Å². The highest BCUT2D eigenvalue weighted by molar-refractivity contribution is 8.18. The lowest BCUT2D eigenvalue weighted by Gasteiger charge is -2.34. The standard InChI is InChI=1S/C21H24OS2/c1-21(23-13-8-14-24-21)19-17(15-9-4-2-5-10-15)18(19)20(22)16-11-6-3-7-12-16/h2-7,9-12,17-20,22H,8,13-14H2,1H3/t17-,18-,19+,20+/m0/s1. The van der Waals surface area contributed by atoms with Crippen LogP contribution in [0.15, 0.2) is 60.7 Å². The Kier molecular flexibility index (Phi) is 4.68. The average Bonchev–Trinajstić information content (AvgIpc) is 3.40. The van der Waals surface area contributed by atoms with Crippen molar-refractivity contribution in [2.75, 3.05) is 11.5 Å². The molecule has 4 atom stereocenters. The summed E-state index contributed by atoms with van der Waals surface area (Å²) >= 11 is 4.21. The van der Waals surface area contributed by atoms with E-state index >= 15 is 0 Å². The highest BCUT2D eigenvalue weighted by Gasteiger charge is 2.62. The van der Waals surface area contributed by atoms with Crippen LogP contribution in [0.2, 0.25) is 0 Å². The van der Waals surface area contributed by atoms with Gasteiger partial charge in [-0.15, -0.1) is 23.5 Å². The first-order valence-electron chi connectivity index (χ1n) is 8.76. The Bertz CT molecular complexity index is 667. The Hall–Kier alpha value is -0.900. The monoisotopic (exact) mass is 356 g/mol. The number of hydrogen-bond acceptors (Lipinski definition) is 3. The zero-order valence-electron chi connectivity index (χ0n) is 14.0. The molecule has 2 aromatic rings. The van der Waals surface area contributed by atoms with Gasteiger partial charge in [0.25, 0.3) is 0 Å². The molecule has 1 saturated heterocycles. The molecule has 24 heavy (non-hydrogen) atoms. The van der Waals surface area contributed by atoms with Crippen molar-refractivity contribution in [3.63, 3.8) is 0 Å². The molecule has 0 amide bonds. The number of hydrogen-bond donors (Lipinski definition) is 1. The fraction of sp³-hybridized carbons (Fsp3) is 0.429. The van der Waals surface area contributed by atoms with Gasteiger partial charge in [0, 0.05) is 5.92 Å². The van der Waals surface area contributed by atoms with Crippen molar-refractivity contribution in [1.29, 1.82) is 0 Å². The zero-order valence-corrected chi connectivity index (χ0v) is 15.6. The van der Waals surface area contributed by atoms with E-state index in [1.807, 2.05) is 18.2 Å². The Morgan fingerprint density at radius 3 is 2.17 bits per heavy atom. The minimum Gasteiger partial charge on any atom is -0.388 e. The highest BCUT2D eigenvalue weighted by Crippen LogP contribution is 2.69. The van der Waals surface area contributed by atoms with E-state index in [0.717, 1.165) is 5.56 Å². The third kappa shape index (κ3) is 3.02. The summed E-state index contributed by atoms with van der Waals surface area (Å²) in [4.78, 5) is 0. The fourth-order valence-electron chi connectivity index (χ4n) is 4.22. The summed E-state index contributed by atoms with van der Waals surface area (Å²) in [6.45, 7) is 2.40. The molecule has 3 heteroatoms. The summed E-state index contributed by atoms with van der Waals surface area (Å²) in [7, 11) is 0. The largest absolute Gasteiger partial charge is 0.388 e. The molecule has 1 aliphatic carbocycles. The SMILES string of the molecule is CC1([C@@H]2[C@@H](c3ccccc3)[C@@H]2[C@H](O)c2ccccc2)SCCCS1. The van der Waals surface area contributed by atoms with Crippen molar-refractivity contribution in [1.82, 2.24) is 0 Å². The van der Waals surface area contributed by atoms with Crippen LogP contribution in [0.5, 0.6) is 0 Å². The Morgan fingerprint density at radius 2 is 1.54 bits per heavy atom. The van der Waals surface area contributed by atoms with Crippen LogP contribution in [-0.4, -0.2) is 20.7 Å². The van der Waals surface area contributed by atoms with Gasteiger partial charge in [-0.25, -0.2) is 0 Å². The first-order chi connectivity index (χ1) is 11.7. The first-order valence-corrected chi connectivity index (χ1v) is 10.7. The zero-order chi connectivity index (χ0) is 16.6. The third-order valence-corrected chi connectivity index (χ3v) is 8.82. The summed E-state index contributed by atoms with van der Waals surface area (Å²) in [5, 5.41) is 11.1. The number of benzene rings is 2.